The minimum atomic E-state index is -0.712. The summed E-state index contributed by atoms with van der Waals surface area (Å²) in [5.41, 5.74) is 2.02. The fraction of sp³-hybridized carbons (Fsp3) is 0.579. The van der Waals surface area contributed by atoms with E-state index in [4.69, 9.17) is 5.11 Å². The highest BCUT2D eigenvalue weighted by atomic mass is 16.4. The lowest BCUT2D eigenvalue weighted by molar-refractivity contribution is -0.143. The Bertz CT molecular complexity index is 530. The molecule has 1 N–H and O–H groups in total. The molecule has 1 aromatic carbocycles. The van der Waals surface area contributed by atoms with Gasteiger partial charge in [0.15, 0.2) is 5.78 Å². The second-order valence-electron chi connectivity index (χ2n) is 6.38. The number of aryl methyl sites for hydroxylation is 1. The van der Waals surface area contributed by atoms with Crippen LogP contribution in [0.3, 0.4) is 0 Å². The molecule has 0 aliphatic carbocycles. The molecule has 0 bridgehead atoms. The van der Waals surface area contributed by atoms with E-state index in [0.717, 1.165) is 24.8 Å². The van der Waals surface area contributed by atoms with Gasteiger partial charge in [-0.15, -0.1) is 0 Å². The number of ketones is 1. The Morgan fingerprint density at radius 3 is 2.26 bits per heavy atom. The number of likely N-dealkylation sites (tertiary alicyclic amines) is 1. The summed E-state index contributed by atoms with van der Waals surface area (Å²) in [4.78, 5) is 26.0. The topological polar surface area (TPSA) is 57.6 Å². The molecule has 4 nitrogen and oxygen atoms in total. The zero-order chi connectivity index (χ0) is 16.8. The van der Waals surface area contributed by atoms with Crippen molar-refractivity contribution in [2.24, 2.45) is 5.92 Å². The molecule has 1 aliphatic heterocycles. The van der Waals surface area contributed by atoms with Crippen LogP contribution in [0.4, 0.5) is 0 Å². The number of hydrogen-bond acceptors (Lipinski definition) is 3. The van der Waals surface area contributed by atoms with Crippen molar-refractivity contribution in [1.82, 2.24) is 4.90 Å². The zero-order valence-corrected chi connectivity index (χ0v) is 14.1. The lowest BCUT2D eigenvalue weighted by Gasteiger charge is -2.35. The molecule has 126 valence electrons. The molecular weight excluding hydrogens is 290 g/mol. The maximum Gasteiger partial charge on any atom is 0.306 e. The smallest absolute Gasteiger partial charge is 0.306 e. The highest BCUT2D eigenvalue weighted by Gasteiger charge is 2.31. The first kappa shape index (κ1) is 17.7. The van der Waals surface area contributed by atoms with Gasteiger partial charge in [0.25, 0.3) is 0 Å². The summed E-state index contributed by atoms with van der Waals surface area (Å²) in [7, 11) is 0. The third-order valence-electron chi connectivity index (χ3n) is 4.79. The summed E-state index contributed by atoms with van der Waals surface area (Å²) < 4.78 is 0. The lowest BCUT2D eigenvalue weighted by Crippen LogP contribution is -2.46. The molecule has 0 saturated carbocycles. The Morgan fingerprint density at radius 2 is 1.78 bits per heavy atom. The van der Waals surface area contributed by atoms with Crippen LogP contribution in [0.5, 0.6) is 0 Å². The van der Waals surface area contributed by atoms with E-state index in [1.165, 1.54) is 5.56 Å². The quantitative estimate of drug-likeness (QED) is 0.783. The molecule has 1 aromatic rings. The maximum absolute atomic E-state index is 12.8. The number of carboxylic acid groups (broad SMARTS) is 1. The van der Waals surface area contributed by atoms with Gasteiger partial charge in [-0.2, -0.15) is 0 Å². The van der Waals surface area contributed by atoms with Crippen molar-refractivity contribution in [1.29, 1.82) is 0 Å². The Labute approximate surface area is 138 Å². The summed E-state index contributed by atoms with van der Waals surface area (Å²) in [5, 5.41) is 9.09. The number of carboxylic acids is 1. The third-order valence-corrected chi connectivity index (χ3v) is 4.79. The molecular formula is C19H27NO3. The fourth-order valence-electron chi connectivity index (χ4n) is 3.38. The molecule has 1 heterocycles. The minimum absolute atomic E-state index is 0.137. The number of Topliss-reactive ketones (excluding diaryl/α,β-unsaturated/α-hetero) is 1. The van der Waals surface area contributed by atoms with Gasteiger partial charge in [-0.1, -0.05) is 44.5 Å². The number of aliphatic carboxylic acids is 1. The van der Waals surface area contributed by atoms with E-state index in [1.807, 2.05) is 31.2 Å². The highest BCUT2D eigenvalue weighted by molar-refractivity contribution is 6.00. The number of hydrogen-bond donors (Lipinski definition) is 1. The number of carbonyl (C=O) groups is 2. The van der Waals surface area contributed by atoms with Gasteiger partial charge in [-0.05, 0) is 44.3 Å². The van der Waals surface area contributed by atoms with Crippen molar-refractivity contribution in [2.75, 3.05) is 13.1 Å². The van der Waals surface area contributed by atoms with Crippen LogP contribution in [0.25, 0.3) is 0 Å². The van der Waals surface area contributed by atoms with Crippen molar-refractivity contribution in [3.05, 3.63) is 35.4 Å². The average molecular weight is 317 g/mol. The summed E-state index contributed by atoms with van der Waals surface area (Å²) in [6.07, 6.45) is 4.16. The van der Waals surface area contributed by atoms with Crippen molar-refractivity contribution in [3.8, 4) is 0 Å². The summed E-state index contributed by atoms with van der Waals surface area (Å²) in [6, 6.07) is 7.81. The number of rotatable bonds is 7. The molecule has 2 rings (SSSR count). The SMILES string of the molecule is CCCc1ccc(C(=O)C(CC)N2CCC(C(=O)O)CC2)cc1. The molecule has 1 unspecified atom stereocenters. The van der Waals surface area contributed by atoms with Crippen LogP contribution in [0.1, 0.15) is 55.5 Å². The minimum Gasteiger partial charge on any atom is -0.481 e. The highest BCUT2D eigenvalue weighted by Crippen LogP contribution is 2.22. The molecule has 1 fully saturated rings. The van der Waals surface area contributed by atoms with Crippen molar-refractivity contribution < 1.29 is 14.7 Å². The van der Waals surface area contributed by atoms with E-state index in [2.05, 4.69) is 11.8 Å². The van der Waals surface area contributed by atoms with Crippen molar-refractivity contribution in [3.63, 3.8) is 0 Å². The van der Waals surface area contributed by atoms with Gasteiger partial charge in [0.2, 0.25) is 0 Å². The number of piperidine rings is 1. The van der Waals surface area contributed by atoms with E-state index in [0.29, 0.717) is 25.9 Å². The van der Waals surface area contributed by atoms with E-state index < -0.39 is 5.97 Å². The fourth-order valence-corrected chi connectivity index (χ4v) is 3.38. The summed E-state index contributed by atoms with van der Waals surface area (Å²) >= 11 is 0. The predicted molar refractivity (Wildman–Crippen MR) is 90.8 cm³/mol. The summed E-state index contributed by atoms with van der Waals surface area (Å²) in [6.45, 7) is 5.55. The van der Waals surface area contributed by atoms with Gasteiger partial charge in [0.1, 0.15) is 0 Å². The molecule has 23 heavy (non-hydrogen) atoms. The average Bonchev–Trinajstić information content (AvgIpc) is 2.57. The van der Waals surface area contributed by atoms with Gasteiger partial charge in [0, 0.05) is 5.56 Å². The molecule has 0 aromatic heterocycles. The molecule has 0 amide bonds. The third kappa shape index (κ3) is 4.41. The second kappa shape index (κ2) is 8.25. The van der Waals surface area contributed by atoms with Gasteiger partial charge in [-0.25, -0.2) is 0 Å². The van der Waals surface area contributed by atoms with E-state index in [9.17, 15) is 9.59 Å². The monoisotopic (exact) mass is 317 g/mol. The maximum atomic E-state index is 12.8. The van der Waals surface area contributed by atoms with Crippen LogP contribution in [0, 0.1) is 5.92 Å². The molecule has 1 saturated heterocycles. The van der Waals surface area contributed by atoms with Gasteiger partial charge >= 0.3 is 5.97 Å². The molecule has 4 heteroatoms. The number of benzene rings is 1. The predicted octanol–water partition coefficient (Wildman–Crippen LogP) is 3.40. The lowest BCUT2D eigenvalue weighted by atomic mass is 9.93. The summed E-state index contributed by atoms with van der Waals surface area (Å²) in [5.74, 6) is -0.813. The number of nitrogens with zero attached hydrogens (tertiary/aromatic N) is 1. The van der Waals surface area contributed by atoms with Gasteiger partial charge in [-0.3, -0.25) is 14.5 Å². The Kier molecular flexibility index (Phi) is 6.34. The van der Waals surface area contributed by atoms with Crippen LogP contribution in [-0.2, 0) is 11.2 Å². The molecule has 1 aliphatic rings. The largest absolute Gasteiger partial charge is 0.481 e. The molecule has 1 atom stereocenters. The Morgan fingerprint density at radius 1 is 1.17 bits per heavy atom. The van der Waals surface area contributed by atoms with Crippen LogP contribution in [-0.4, -0.2) is 40.9 Å². The normalized spacial score (nSPS) is 17.8. The standard InChI is InChI=1S/C19H27NO3/c1-3-5-14-6-8-15(9-7-14)18(21)17(4-2)20-12-10-16(11-13-20)19(22)23/h6-9,16-17H,3-5,10-13H2,1-2H3,(H,22,23). The molecule has 0 radical (unpaired) electrons. The first-order chi connectivity index (χ1) is 11.1. The van der Waals surface area contributed by atoms with Crippen LogP contribution >= 0.6 is 0 Å². The van der Waals surface area contributed by atoms with Crippen LogP contribution in [0.2, 0.25) is 0 Å². The van der Waals surface area contributed by atoms with Gasteiger partial charge < -0.3 is 5.11 Å². The second-order valence-corrected chi connectivity index (χ2v) is 6.38. The number of carbonyl (C=O) groups excluding carboxylic acids is 1. The van der Waals surface area contributed by atoms with Crippen molar-refractivity contribution >= 4 is 11.8 Å². The van der Waals surface area contributed by atoms with E-state index >= 15 is 0 Å². The van der Waals surface area contributed by atoms with E-state index in [1.54, 1.807) is 0 Å². The Balaban J connectivity index is 2.02. The van der Waals surface area contributed by atoms with Crippen LogP contribution in [0.15, 0.2) is 24.3 Å². The zero-order valence-electron chi connectivity index (χ0n) is 14.1. The molecule has 0 spiro atoms. The van der Waals surface area contributed by atoms with Crippen LogP contribution < -0.4 is 0 Å². The van der Waals surface area contributed by atoms with Gasteiger partial charge in [0.05, 0.1) is 12.0 Å². The Hall–Kier alpha value is -1.68. The first-order valence-corrected chi connectivity index (χ1v) is 8.66. The first-order valence-electron chi connectivity index (χ1n) is 8.66. The van der Waals surface area contributed by atoms with Crippen molar-refractivity contribution in [2.45, 2.75) is 52.0 Å². The van der Waals surface area contributed by atoms with E-state index in [-0.39, 0.29) is 17.7 Å².